The van der Waals surface area contributed by atoms with Crippen molar-refractivity contribution < 1.29 is 13.6 Å². The maximum Gasteiger partial charge on any atom is 0.419 e. The summed E-state index contributed by atoms with van der Waals surface area (Å²) in [7, 11) is 0. The number of fused-ring (bicyclic) bond motifs is 1. The third-order valence-corrected chi connectivity index (χ3v) is 3.21. The van der Waals surface area contributed by atoms with Crippen LogP contribution in [-0.4, -0.2) is 10.4 Å². The van der Waals surface area contributed by atoms with Crippen LogP contribution >= 0.6 is 0 Å². The highest BCUT2D eigenvalue weighted by atomic mass is 16.4. The third-order valence-electron chi connectivity index (χ3n) is 3.21. The monoisotopic (exact) mass is 271 g/mol. The molecular formula is C15H13NO4. The number of carbonyl (C=O) groups excluding carboxylic acids is 1. The van der Waals surface area contributed by atoms with Gasteiger partial charge >= 0.3 is 5.76 Å². The standard InChI is InChI=1S/C15H13NO4/c1-3-16-11-6-5-10(8-13(11)20-15(16)18)14(17)12-7-4-9(2)19-12/h4-8H,3H2,1-2H3. The molecule has 20 heavy (non-hydrogen) atoms. The maximum atomic E-state index is 12.2. The van der Waals surface area contributed by atoms with E-state index in [0.717, 1.165) is 0 Å². The van der Waals surface area contributed by atoms with Crippen LogP contribution in [0.1, 0.15) is 28.8 Å². The van der Waals surface area contributed by atoms with Gasteiger partial charge in [-0.1, -0.05) is 0 Å². The van der Waals surface area contributed by atoms with Crippen molar-refractivity contribution in [3.05, 3.63) is 58.0 Å². The van der Waals surface area contributed by atoms with Gasteiger partial charge in [0, 0.05) is 12.1 Å². The van der Waals surface area contributed by atoms with E-state index in [2.05, 4.69) is 0 Å². The van der Waals surface area contributed by atoms with E-state index in [0.29, 0.717) is 29.0 Å². The fraction of sp³-hybridized carbons (Fsp3) is 0.200. The molecular weight excluding hydrogens is 258 g/mol. The van der Waals surface area contributed by atoms with E-state index in [1.54, 1.807) is 37.3 Å². The van der Waals surface area contributed by atoms with Crippen LogP contribution in [0.3, 0.4) is 0 Å². The normalized spacial score (nSPS) is 11.1. The zero-order valence-corrected chi connectivity index (χ0v) is 11.2. The Morgan fingerprint density at radius 2 is 2.00 bits per heavy atom. The summed E-state index contributed by atoms with van der Waals surface area (Å²) in [6, 6.07) is 8.33. The summed E-state index contributed by atoms with van der Waals surface area (Å²) in [5.74, 6) is 0.310. The molecule has 0 atom stereocenters. The second kappa shape index (κ2) is 4.52. The molecule has 3 rings (SSSR count). The summed E-state index contributed by atoms with van der Waals surface area (Å²) in [5, 5.41) is 0. The van der Waals surface area contributed by atoms with Crippen molar-refractivity contribution in [1.82, 2.24) is 4.57 Å². The number of carbonyl (C=O) groups is 1. The fourth-order valence-electron chi connectivity index (χ4n) is 2.21. The highest BCUT2D eigenvalue weighted by molar-refractivity contribution is 6.08. The minimum absolute atomic E-state index is 0.230. The predicted molar refractivity (Wildman–Crippen MR) is 73.0 cm³/mol. The van der Waals surface area contributed by atoms with Gasteiger partial charge in [0.25, 0.3) is 0 Å². The first kappa shape index (κ1) is 12.5. The van der Waals surface area contributed by atoms with E-state index in [1.807, 2.05) is 6.92 Å². The Kier molecular flexibility index (Phi) is 2.82. The fourth-order valence-corrected chi connectivity index (χ4v) is 2.21. The number of benzene rings is 1. The van der Waals surface area contributed by atoms with Gasteiger partial charge in [0.1, 0.15) is 5.76 Å². The molecule has 5 nitrogen and oxygen atoms in total. The Labute approximate surface area is 114 Å². The molecule has 0 aliphatic rings. The number of hydrogen-bond acceptors (Lipinski definition) is 4. The van der Waals surface area contributed by atoms with Crippen LogP contribution in [0.5, 0.6) is 0 Å². The highest BCUT2D eigenvalue weighted by Crippen LogP contribution is 2.18. The molecule has 0 aliphatic heterocycles. The van der Waals surface area contributed by atoms with Gasteiger partial charge < -0.3 is 8.83 Å². The number of rotatable bonds is 3. The van der Waals surface area contributed by atoms with Gasteiger partial charge in [0.15, 0.2) is 11.3 Å². The Morgan fingerprint density at radius 1 is 1.20 bits per heavy atom. The Hall–Kier alpha value is -2.56. The van der Waals surface area contributed by atoms with E-state index in [9.17, 15) is 9.59 Å². The van der Waals surface area contributed by atoms with Crippen molar-refractivity contribution in [1.29, 1.82) is 0 Å². The molecule has 0 aliphatic carbocycles. The Bertz CT molecular complexity index is 850. The molecule has 0 radical (unpaired) electrons. The van der Waals surface area contributed by atoms with Crippen molar-refractivity contribution in [3.63, 3.8) is 0 Å². The van der Waals surface area contributed by atoms with Crippen LogP contribution in [0.15, 0.2) is 44.0 Å². The van der Waals surface area contributed by atoms with Crippen molar-refractivity contribution >= 4 is 16.9 Å². The lowest BCUT2D eigenvalue weighted by atomic mass is 10.1. The topological polar surface area (TPSA) is 65.3 Å². The zero-order chi connectivity index (χ0) is 14.3. The molecule has 0 amide bonds. The largest absolute Gasteiger partial charge is 0.458 e. The molecule has 2 aromatic heterocycles. The summed E-state index contributed by atoms with van der Waals surface area (Å²) in [4.78, 5) is 23.9. The summed E-state index contributed by atoms with van der Waals surface area (Å²) < 4.78 is 12.0. The number of aromatic nitrogens is 1. The smallest absolute Gasteiger partial charge is 0.419 e. The van der Waals surface area contributed by atoms with E-state index < -0.39 is 5.76 Å². The zero-order valence-electron chi connectivity index (χ0n) is 11.2. The van der Waals surface area contributed by atoms with E-state index in [4.69, 9.17) is 8.83 Å². The molecule has 0 spiro atoms. The molecule has 0 N–H and O–H groups in total. The van der Waals surface area contributed by atoms with Crippen molar-refractivity contribution in [2.45, 2.75) is 20.4 Å². The lowest BCUT2D eigenvalue weighted by Crippen LogP contribution is -2.11. The number of nitrogens with zero attached hydrogens (tertiary/aromatic N) is 1. The second-order valence-electron chi connectivity index (χ2n) is 4.53. The average molecular weight is 271 g/mol. The van der Waals surface area contributed by atoms with Crippen LogP contribution < -0.4 is 5.76 Å². The molecule has 5 heteroatoms. The first-order valence-corrected chi connectivity index (χ1v) is 6.34. The van der Waals surface area contributed by atoms with Gasteiger partial charge in [-0.15, -0.1) is 0 Å². The molecule has 102 valence electrons. The minimum Gasteiger partial charge on any atom is -0.458 e. The highest BCUT2D eigenvalue weighted by Gasteiger charge is 2.15. The van der Waals surface area contributed by atoms with E-state index in [-0.39, 0.29) is 11.5 Å². The van der Waals surface area contributed by atoms with Gasteiger partial charge in [-0.3, -0.25) is 9.36 Å². The molecule has 2 heterocycles. The van der Waals surface area contributed by atoms with Gasteiger partial charge in [0.2, 0.25) is 5.78 Å². The van der Waals surface area contributed by atoms with E-state index in [1.165, 1.54) is 4.57 Å². The molecule has 0 saturated carbocycles. The van der Waals surface area contributed by atoms with Gasteiger partial charge in [-0.25, -0.2) is 4.79 Å². The molecule has 0 saturated heterocycles. The van der Waals surface area contributed by atoms with Crippen LogP contribution in [0, 0.1) is 6.92 Å². The minimum atomic E-state index is -0.416. The molecule has 0 fully saturated rings. The van der Waals surface area contributed by atoms with Gasteiger partial charge in [-0.05, 0) is 44.2 Å². The second-order valence-corrected chi connectivity index (χ2v) is 4.53. The van der Waals surface area contributed by atoms with Crippen LogP contribution in [-0.2, 0) is 6.54 Å². The SMILES string of the molecule is CCn1c(=O)oc2cc(C(=O)c3ccc(C)o3)ccc21. The van der Waals surface area contributed by atoms with Crippen molar-refractivity contribution in [2.24, 2.45) is 0 Å². The number of furan rings is 1. The number of oxazole rings is 1. The molecule has 0 unspecified atom stereocenters. The average Bonchev–Trinajstić information content (AvgIpc) is 2.99. The van der Waals surface area contributed by atoms with Crippen LogP contribution in [0.4, 0.5) is 0 Å². The molecule has 0 bridgehead atoms. The Balaban J connectivity index is 2.09. The van der Waals surface area contributed by atoms with E-state index >= 15 is 0 Å². The maximum absolute atomic E-state index is 12.2. The summed E-state index contributed by atoms with van der Waals surface area (Å²) >= 11 is 0. The van der Waals surface area contributed by atoms with Crippen molar-refractivity contribution in [3.8, 4) is 0 Å². The number of aryl methyl sites for hydroxylation is 2. The number of hydrogen-bond donors (Lipinski definition) is 0. The quantitative estimate of drug-likeness (QED) is 0.687. The summed E-state index contributed by atoms with van der Waals surface area (Å²) in [6.45, 7) is 4.16. The first-order valence-electron chi connectivity index (χ1n) is 6.34. The lowest BCUT2D eigenvalue weighted by Gasteiger charge is -1.99. The van der Waals surface area contributed by atoms with Crippen LogP contribution in [0.25, 0.3) is 11.1 Å². The third kappa shape index (κ3) is 1.87. The first-order chi connectivity index (χ1) is 9.60. The molecule has 3 aromatic rings. The Morgan fingerprint density at radius 3 is 2.65 bits per heavy atom. The summed E-state index contributed by atoms with van der Waals surface area (Å²) in [6.07, 6.45) is 0. The van der Waals surface area contributed by atoms with Gasteiger partial charge in [0.05, 0.1) is 5.52 Å². The summed E-state index contributed by atoms with van der Waals surface area (Å²) in [5.41, 5.74) is 1.53. The number of ketones is 1. The van der Waals surface area contributed by atoms with Crippen LogP contribution in [0.2, 0.25) is 0 Å². The van der Waals surface area contributed by atoms with Crippen molar-refractivity contribution in [2.75, 3.05) is 0 Å². The lowest BCUT2D eigenvalue weighted by molar-refractivity contribution is 0.101. The van der Waals surface area contributed by atoms with Gasteiger partial charge in [-0.2, -0.15) is 0 Å². The predicted octanol–water partition coefficient (Wildman–Crippen LogP) is 2.75. The molecule has 1 aromatic carbocycles.